The third kappa shape index (κ3) is 9.57. The van der Waals surface area contributed by atoms with Gasteiger partial charge in [-0.3, -0.25) is 9.79 Å². The Labute approximate surface area is 137 Å². The number of carbonyl (C=O) groups is 1. The van der Waals surface area contributed by atoms with Crippen LogP contribution in [0.3, 0.4) is 0 Å². The monoisotopic (exact) mass is 324 g/mol. The highest BCUT2D eigenvalue weighted by molar-refractivity contribution is 5.86. The molecule has 0 radical (unpaired) electrons. The van der Waals surface area contributed by atoms with Gasteiger partial charge in [0.05, 0.1) is 26.0 Å². The third-order valence-electron chi connectivity index (χ3n) is 3.06. The fourth-order valence-corrected chi connectivity index (χ4v) is 1.71. The minimum Gasteiger partial charge on any atom is -0.467 e. The van der Waals surface area contributed by atoms with E-state index in [0.717, 1.165) is 18.8 Å². The van der Waals surface area contributed by atoms with E-state index >= 15 is 0 Å². The van der Waals surface area contributed by atoms with Crippen LogP contribution in [0.4, 0.5) is 0 Å². The molecular weight excluding hydrogens is 296 g/mol. The summed E-state index contributed by atoms with van der Waals surface area (Å²) in [6.07, 6.45) is 2.64. The van der Waals surface area contributed by atoms with Gasteiger partial charge in [0.1, 0.15) is 5.76 Å². The average Bonchev–Trinajstić information content (AvgIpc) is 3.04. The summed E-state index contributed by atoms with van der Waals surface area (Å²) in [5, 5.41) is 8.80. The zero-order valence-electron chi connectivity index (χ0n) is 14.2. The lowest BCUT2D eigenvalue weighted by Gasteiger charge is -2.12. The number of furan rings is 1. The molecule has 1 aromatic rings. The average molecular weight is 324 g/mol. The Balaban J connectivity index is 2.07. The summed E-state index contributed by atoms with van der Waals surface area (Å²) >= 11 is 0. The third-order valence-corrected chi connectivity index (χ3v) is 3.06. The normalized spacial score (nSPS) is 11.6. The molecule has 0 aliphatic rings. The van der Waals surface area contributed by atoms with E-state index in [9.17, 15) is 4.79 Å². The Hall–Kier alpha value is -2.02. The number of carbonyl (C=O) groups excluding carboxylic acids is 1. The maximum absolute atomic E-state index is 11.7. The van der Waals surface area contributed by atoms with Gasteiger partial charge in [-0.1, -0.05) is 13.8 Å². The van der Waals surface area contributed by atoms with E-state index in [1.807, 2.05) is 6.07 Å². The molecular formula is C16H28N4O3. The van der Waals surface area contributed by atoms with Crippen molar-refractivity contribution in [2.75, 3.05) is 33.4 Å². The summed E-state index contributed by atoms with van der Waals surface area (Å²) in [7, 11) is 1.66. The summed E-state index contributed by atoms with van der Waals surface area (Å²) < 4.78 is 10.7. The smallest absolute Gasteiger partial charge is 0.239 e. The molecule has 0 spiro atoms. The van der Waals surface area contributed by atoms with Gasteiger partial charge in [0.25, 0.3) is 0 Å². The summed E-state index contributed by atoms with van der Waals surface area (Å²) in [5.74, 6) is 1.82. The van der Waals surface area contributed by atoms with Crippen molar-refractivity contribution >= 4 is 11.9 Å². The van der Waals surface area contributed by atoms with E-state index in [4.69, 9.17) is 9.15 Å². The highest BCUT2D eigenvalue weighted by Crippen LogP contribution is 1.98. The molecule has 0 aliphatic carbocycles. The molecule has 0 bridgehead atoms. The first kappa shape index (κ1) is 19.0. The molecule has 23 heavy (non-hydrogen) atoms. The van der Waals surface area contributed by atoms with Gasteiger partial charge in [0, 0.05) is 20.2 Å². The van der Waals surface area contributed by atoms with Gasteiger partial charge in [-0.05, 0) is 24.5 Å². The molecule has 1 rings (SSSR count). The Bertz CT molecular complexity index is 458. The van der Waals surface area contributed by atoms with Crippen molar-refractivity contribution in [3.8, 4) is 0 Å². The van der Waals surface area contributed by atoms with Crippen molar-refractivity contribution in [3.63, 3.8) is 0 Å². The first-order valence-electron chi connectivity index (χ1n) is 7.93. The van der Waals surface area contributed by atoms with Crippen LogP contribution < -0.4 is 16.0 Å². The number of hydrogen-bond acceptors (Lipinski definition) is 4. The van der Waals surface area contributed by atoms with E-state index in [1.165, 1.54) is 0 Å². The molecule has 3 N–H and O–H groups in total. The van der Waals surface area contributed by atoms with Crippen LogP contribution in [-0.4, -0.2) is 45.2 Å². The van der Waals surface area contributed by atoms with Crippen molar-refractivity contribution < 1.29 is 13.9 Å². The fraction of sp³-hybridized carbons (Fsp3) is 0.625. The quantitative estimate of drug-likeness (QED) is 0.341. The Morgan fingerprint density at radius 2 is 2.13 bits per heavy atom. The molecule has 0 saturated carbocycles. The van der Waals surface area contributed by atoms with Crippen molar-refractivity contribution in [1.82, 2.24) is 16.0 Å². The van der Waals surface area contributed by atoms with Crippen LogP contribution >= 0.6 is 0 Å². The lowest BCUT2D eigenvalue weighted by atomic mass is 10.1. The van der Waals surface area contributed by atoms with Gasteiger partial charge in [-0.25, -0.2) is 0 Å². The maximum Gasteiger partial charge on any atom is 0.239 e. The molecule has 0 unspecified atom stereocenters. The van der Waals surface area contributed by atoms with Gasteiger partial charge < -0.3 is 25.1 Å². The van der Waals surface area contributed by atoms with Gasteiger partial charge >= 0.3 is 0 Å². The number of guanidine groups is 1. The summed E-state index contributed by atoms with van der Waals surface area (Å²) in [5.41, 5.74) is 0. The molecule has 0 saturated heterocycles. The zero-order valence-corrected chi connectivity index (χ0v) is 14.2. The van der Waals surface area contributed by atoms with E-state index in [-0.39, 0.29) is 12.5 Å². The van der Waals surface area contributed by atoms with Crippen LogP contribution in [0.5, 0.6) is 0 Å². The zero-order chi connectivity index (χ0) is 16.9. The molecule has 1 aromatic heterocycles. The number of nitrogens with one attached hydrogen (secondary N) is 3. The van der Waals surface area contributed by atoms with Crippen molar-refractivity contribution in [2.45, 2.75) is 26.8 Å². The molecule has 0 atom stereocenters. The SMILES string of the molecule is CN=C(NCCOCCC(C)C)NCC(=O)NCc1ccco1. The number of amides is 1. The van der Waals surface area contributed by atoms with Crippen molar-refractivity contribution in [1.29, 1.82) is 0 Å². The first-order chi connectivity index (χ1) is 11.1. The summed E-state index contributed by atoms with van der Waals surface area (Å²) in [4.78, 5) is 15.8. The minimum atomic E-state index is -0.127. The van der Waals surface area contributed by atoms with Gasteiger partial charge in [0.15, 0.2) is 5.96 Å². The van der Waals surface area contributed by atoms with E-state index < -0.39 is 0 Å². The summed E-state index contributed by atoms with van der Waals surface area (Å²) in [6, 6.07) is 3.60. The second-order valence-corrected chi connectivity index (χ2v) is 5.50. The number of nitrogens with zero attached hydrogens (tertiary/aromatic N) is 1. The Kier molecular flexibility index (Phi) is 9.54. The van der Waals surface area contributed by atoms with E-state index in [2.05, 4.69) is 34.8 Å². The molecule has 1 heterocycles. The summed E-state index contributed by atoms with van der Waals surface area (Å²) in [6.45, 7) is 6.89. The van der Waals surface area contributed by atoms with Crippen LogP contribution in [0.15, 0.2) is 27.8 Å². The molecule has 1 amide bonds. The highest BCUT2D eigenvalue weighted by Gasteiger charge is 2.04. The molecule has 0 aromatic carbocycles. The second-order valence-electron chi connectivity index (χ2n) is 5.50. The first-order valence-corrected chi connectivity index (χ1v) is 7.93. The Morgan fingerprint density at radius 1 is 1.30 bits per heavy atom. The number of aliphatic imine (C=N–C) groups is 1. The molecule has 7 nitrogen and oxygen atoms in total. The van der Waals surface area contributed by atoms with Crippen LogP contribution in [0.2, 0.25) is 0 Å². The maximum atomic E-state index is 11.7. The molecule has 0 fully saturated rings. The van der Waals surface area contributed by atoms with Crippen molar-refractivity contribution in [3.05, 3.63) is 24.2 Å². The largest absolute Gasteiger partial charge is 0.467 e. The van der Waals surface area contributed by atoms with E-state index in [0.29, 0.717) is 31.6 Å². The second kappa shape index (κ2) is 11.5. The lowest BCUT2D eigenvalue weighted by Crippen LogP contribution is -2.43. The van der Waals surface area contributed by atoms with Gasteiger partial charge in [-0.2, -0.15) is 0 Å². The van der Waals surface area contributed by atoms with Crippen LogP contribution in [0.1, 0.15) is 26.0 Å². The van der Waals surface area contributed by atoms with Gasteiger partial charge in [0.2, 0.25) is 5.91 Å². The number of ether oxygens (including phenoxy) is 1. The van der Waals surface area contributed by atoms with Crippen LogP contribution in [0.25, 0.3) is 0 Å². The fourth-order valence-electron chi connectivity index (χ4n) is 1.71. The number of rotatable bonds is 10. The topological polar surface area (TPSA) is 87.9 Å². The van der Waals surface area contributed by atoms with E-state index in [1.54, 1.807) is 19.4 Å². The molecule has 7 heteroatoms. The predicted molar refractivity (Wildman–Crippen MR) is 90.2 cm³/mol. The predicted octanol–water partition coefficient (Wildman–Crippen LogP) is 1.12. The van der Waals surface area contributed by atoms with Crippen LogP contribution in [0, 0.1) is 5.92 Å². The van der Waals surface area contributed by atoms with Crippen LogP contribution in [-0.2, 0) is 16.1 Å². The van der Waals surface area contributed by atoms with Crippen molar-refractivity contribution in [2.24, 2.45) is 10.9 Å². The Morgan fingerprint density at radius 3 is 2.78 bits per heavy atom. The minimum absolute atomic E-state index is 0.127. The molecule has 130 valence electrons. The highest BCUT2D eigenvalue weighted by atomic mass is 16.5. The lowest BCUT2D eigenvalue weighted by molar-refractivity contribution is -0.120. The molecule has 0 aliphatic heterocycles. The van der Waals surface area contributed by atoms with Gasteiger partial charge in [-0.15, -0.1) is 0 Å². The number of hydrogen-bond donors (Lipinski definition) is 3. The standard InChI is InChI=1S/C16H28N4O3/c1-13(2)6-9-22-10-7-18-16(17-3)20-12-15(21)19-11-14-5-4-8-23-14/h4-5,8,13H,6-7,9-12H2,1-3H3,(H,19,21)(H2,17,18,20).